The zero-order valence-electron chi connectivity index (χ0n) is 30.9. The Balaban J connectivity index is 1.42. The molecule has 2 saturated carbocycles. The average molecular weight is 754 g/mol. The van der Waals surface area contributed by atoms with E-state index in [0.717, 1.165) is 30.7 Å². The van der Waals surface area contributed by atoms with Crippen LogP contribution in [0.2, 0.25) is 0 Å². The van der Waals surface area contributed by atoms with Gasteiger partial charge in [0.25, 0.3) is 5.91 Å². The molecule has 0 bridgehead atoms. The second-order valence-corrected chi connectivity index (χ2v) is 16.8. The van der Waals surface area contributed by atoms with Gasteiger partial charge in [0.2, 0.25) is 21.8 Å². The molecular formula is C38H51N5O9S. The van der Waals surface area contributed by atoms with Crippen LogP contribution in [0.3, 0.4) is 0 Å². The average Bonchev–Trinajstić information content (AvgIpc) is 4.04. The highest BCUT2D eigenvalue weighted by atomic mass is 32.2. The molecule has 5 rings (SSSR count). The molecule has 1 aromatic heterocycles. The van der Waals surface area contributed by atoms with E-state index in [2.05, 4.69) is 21.6 Å². The molecule has 2 N–H and O–H groups in total. The van der Waals surface area contributed by atoms with Gasteiger partial charge in [0.15, 0.2) is 0 Å². The Morgan fingerprint density at radius 3 is 2.51 bits per heavy atom. The largest absolute Gasteiger partial charge is 0.497 e. The summed E-state index contributed by atoms with van der Waals surface area (Å²) >= 11 is 0. The Labute approximate surface area is 311 Å². The molecule has 2 aromatic rings. The molecule has 3 unspecified atom stereocenters. The molecule has 3 fully saturated rings. The van der Waals surface area contributed by atoms with Crippen molar-refractivity contribution in [3.8, 4) is 11.5 Å². The number of fused-ring (bicyclic) bond motifs is 1. The number of hydrogen-bond donors (Lipinski definition) is 2. The number of likely N-dealkylation sites (tertiary alicyclic amines) is 1. The number of sulfonamides is 1. The zero-order valence-corrected chi connectivity index (χ0v) is 31.7. The minimum atomic E-state index is -3.78. The van der Waals surface area contributed by atoms with Gasteiger partial charge in [-0.25, -0.2) is 17.9 Å². The normalized spacial score (nSPS) is 19.4. The zero-order chi connectivity index (χ0) is 38.3. The van der Waals surface area contributed by atoms with Crippen LogP contribution in [0.4, 0.5) is 4.79 Å². The molecule has 4 amide bonds. The number of pyridine rings is 1. The molecule has 288 valence electrons. The van der Waals surface area contributed by atoms with Crippen LogP contribution < -0.4 is 19.5 Å². The molecular weight excluding hydrogens is 703 g/mol. The monoisotopic (exact) mass is 753 g/mol. The summed E-state index contributed by atoms with van der Waals surface area (Å²) < 4.78 is 44.1. The minimum Gasteiger partial charge on any atom is -0.497 e. The second-order valence-electron chi connectivity index (χ2n) is 14.8. The van der Waals surface area contributed by atoms with Crippen molar-refractivity contribution in [1.82, 2.24) is 24.8 Å². The quantitative estimate of drug-likeness (QED) is 0.131. The molecule has 1 aromatic carbocycles. The fourth-order valence-corrected chi connectivity index (χ4v) is 7.55. The van der Waals surface area contributed by atoms with Crippen LogP contribution in [-0.4, -0.2) is 95.8 Å². The van der Waals surface area contributed by atoms with Crippen LogP contribution in [0.15, 0.2) is 55.4 Å². The van der Waals surface area contributed by atoms with Crippen LogP contribution in [-0.2, 0) is 29.1 Å². The van der Waals surface area contributed by atoms with E-state index in [0.29, 0.717) is 55.5 Å². The number of rotatable bonds is 17. The van der Waals surface area contributed by atoms with Crippen LogP contribution in [0.25, 0.3) is 10.9 Å². The SMILES string of the molecule is C=CCCCCCC(NC(=O)OC(C)(C)C)C(=O)N1CC(Oc2ccnc3cc(OC)ccc23)CC1C(=O)N(C=CC(=O)NS(=O)(=O)C1CC1)C1CC1. The molecule has 0 radical (unpaired) electrons. The van der Waals surface area contributed by atoms with E-state index >= 15 is 0 Å². The minimum absolute atomic E-state index is 0.0422. The topological polar surface area (TPSA) is 174 Å². The summed E-state index contributed by atoms with van der Waals surface area (Å²) in [5.41, 5.74) is -0.156. The summed E-state index contributed by atoms with van der Waals surface area (Å²) in [7, 11) is -2.21. The fourth-order valence-electron chi connectivity index (χ4n) is 6.28. The predicted octanol–water partition coefficient (Wildman–Crippen LogP) is 4.73. The maximum absolute atomic E-state index is 14.5. The summed E-state index contributed by atoms with van der Waals surface area (Å²) in [4.78, 5) is 61.9. The molecule has 1 aliphatic heterocycles. The summed E-state index contributed by atoms with van der Waals surface area (Å²) in [6, 6.07) is 4.92. The van der Waals surface area contributed by atoms with E-state index in [9.17, 15) is 27.6 Å². The first-order valence-electron chi connectivity index (χ1n) is 18.3. The highest BCUT2D eigenvalue weighted by molar-refractivity contribution is 7.91. The summed E-state index contributed by atoms with van der Waals surface area (Å²) in [6.07, 6.45) is 10.4. The van der Waals surface area contributed by atoms with Crippen molar-refractivity contribution in [2.75, 3.05) is 13.7 Å². The Morgan fingerprint density at radius 1 is 1.09 bits per heavy atom. The van der Waals surface area contributed by atoms with Crippen molar-refractivity contribution in [2.45, 2.75) is 120 Å². The number of carbonyl (C=O) groups excluding carboxylic acids is 4. The van der Waals surface area contributed by atoms with Gasteiger partial charge in [-0.05, 0) is 83.9 Å². The Bertz CT molecular complexity index is 1820. The number of amides is 4. The third-order valence-electron chi connectivity index (χ3n) is 9.21. The molecule has 2 aliphatic carbocycles. The fraction of sp³-hybridized carbons (Fsp3) is 0.553. The van der Waals surface area contributed by atoms with Gasteiger partial charge in [0.1, 0.15) is 35.3 Å². The number of allylic oxidation sites excluding steroid dienone is 1. The van der Waals surface area contributed by atoms with Gasteiger partial charge in [-0.15, -0.1) is 6.58 Å². The summed E-state index contributed by atoms with van der Waals surface area (Å²) in [5, 5.41) is 2.90. The van der Waals surface area contributed by atoms with Gasteiger partial charge in [-0.1, -0.05) is 18.9 Å². The van der Waals surface area contributed by atoms with Crippen LogP contribution in [0, 0.1) is 0 Å². The lowest BCUT2D eigenvalue weighted by molar-refractivity contribution is -0.143. The number of unbranched alkanes of at least 4 members (excludes halogenated alkanes) is 3. The lowest BCUT2D eigenvalue weighted by atomic mass is 10.0. The number of hydrogen-bond acceptors (Lipinski definition) is 10. The first-order valence-corrected chi connectivity index (χ1v) is 19.8. The van der Waals surface area contributed by atoms with Crippen molar-refractivity contribution >= 4 is 44.7 Å². The lowest BCUT2D eigenvalue weighted by Crippen LogP contribution is -2.54. The highest BCUT2D eigenvalue weighted by Gasteiger charge is 2.46. The number of nitrogens with one attached hydrogen (secondary N) is 2. The number of nitrogens with zero attached hydrogens (tertiary/aromatic N) is 3. The molecule has 15 heteroatoms. The third kappa shape index (κ3) is 10.9. The van der Waals surface area contributed by atoms with E-state index in [1.54, 1.807) is 52.3 Å². The van der Waals surface area contributed by atoms with E-state index in [1.165, 1.54) is 16.0 Å². The van der Waals surface area contributed by atoms with Gasteiger partial charge >= 0.3 is 6.09 Å². The molecule has 0 spiro atoms. The molecule has 3 atom stereocenters. The van der Waals surface area contributed by atoms with Crippen molar-refractivity contribution < 1.29 is 41.8 Å². The van der Waals surface area contributed by atoms with E-state index in [4.69, 9.17) is 14.2 Å². The number of alkyl carbamates (subject to hydrolysis) is 1. The van der Waals surface area contributed by atoms with Crippen molar-refractivity contribution in [3.63, 3.8) is 0 Å². The van der Waals surface area contributed by atoms with Crippen LogP contribution >= 0.6 is 0 Å². The smallest absolute Gasteiger partial charge is 0.408 e. The number of carbonyl (C=O) groups is 4. The number of aromatic nitrogens is 1. The number of ether oxygens (including phenoxy) is 3. The molecule has 53 heavy (non-hydrogen) atoms. The van der Waals surface area contributed by atoms with Crippen molar-refractivity contribution in [3.05, 3.63) is 55.4 Å². The standard InChI is InChI=1S/C38H51N5O9S/c1-6-7-8-9-10-11-30(40-37(47)52-38(2,3)4)35(45)43-24-27(51-33-18-20-39-31-22-26(50-5)14-17-29(31)33)23-32(43)36(46)42(25-12-13-25)21-19-34(44)41-53(48,49)28-15-16-28/h6,14,17-22,25,27-28,30,32H,1,7-13,15-16,23-24H2,2-5H3,(H,40,47)(H,41,44). The van der Waals surface area contributed by atoms with E-state index < -0.39 is 62.9 Å². The second kappa shape index (κ2) is 17.0. The molecule has 3 aliphatic rings. The van der Waals surface area contributed by atoms with E-state index in [-0.39, 0.29) is 19.0 Å². The van der Waals surface area contributed by atoms with E-state index in [1.807, 2.05) is 12.1 Å². The molecule has 14 nitrogen and oxygen atoms in total. The summed E-state index contributed by atoms with van der Waals surface area (Å²) in [6.45, 7) is 9.01. The number of benzene rings is 1. The highest BCUT2D eigenvalue weighted by Crippen LogP contribution is 2.34. The predicted molar refractivity (Wildman–Crippen MR) is 198 cm³/mol. The van der Waals surface area contributed by atoms with Gasteiger partial charge in [-0.2, -0.15) is 0 Å². The van der Waals surface area contributed by atoms with Gasteiger partial charge in [0.05, 0.1) is 24.4 Å². The maximum Gasteiger partial charge on any atom is 0.408 e. The third-order valence-corrected chi connectivity index (χ3v) is 11.0. The first kappa shape index (κ1) is 39.5. The van der Waals surface area contributed by atoms with Gasteiger partial charge in [0, 0.05) is 42.4 Å². The maximum atomic E-state index is 14.5. The van der Waals surface area contributed by atoms with Crippen molar-refractivity contribution in [2.24, 2.45) is 0 Å². The lowest BCUT2D eigenvalue weighted by Gasteiger charge is -2.31. The Hall–Kier alpha value is -4.66. The molecule has 2 heterocycles. The van der Waals surface area contributed by atoms with Gasteiger partial charge < -0.3 is 29.3 Å². The summed E-state index contributed by atoms with van der Waals surface area (Å²) in [5.74, 6) is -0.601. The first-order chi connectivity index (χ1) is 25.2. The Kier molecular flexibility index (Phi) is 12.7. The number of methoxy groups -OCH3 is 1. The van der Waals surface area contributed by atoms with Crippen molar-refractivity contribution in [1.29, 1.82) is 0 Å². The Morgan fingerprint density at radius 2 is 1.85 bits per heavy atom. The van der Waals surface area contributed by atoms with Gasteiger partial charge in [-0.3, -0.25) is 19.4 Å². The van der Waals surface area contributed by atoms with Crippen LogP contribution in [0.1, 0.15) is 85.0 Å². The van der Waals surface area contributed by atoms with Crippen LogP contribution in [0.5, 0.6) is 11.5 Å². The molecule has 1 saturated heterocycles.